The molecule has 0 fully saturated rings. The van der Waals surface area contributed by atoms with Gasteiger partial charge in [-0.3, -0.25) is 0 Å². The van der Waals surface area contributed by atoms with Crippen molar-refractivity contribution in [1.82, 2.24) is 0 Å². The molecule has 1 unspecified atom stereocenters. The zero-order valence-corrected chi connectivity index (χ0v) is 11.6. The summed E-state index contributed by atoms with van der Waals surface area (Å²) in [6.07, 6.45) is 7.58. The number of anilines is 1. The normalized spacial score (nSPS) is 13.6. The highest BCUT2D eigenvalue weighted by Crippen LogP contribution is 2.13. The Morgan fingerprint density at radius 1 is 1.33 bits per heavy atom. The van der Waals surface area contributed by atoms with E-state index in [1.54, 1.807) is 0 Å². The second-order valence-corrected chi connectivity index (χ2v) is 4.68. The first kappa shape index (κ1) is 14.3. The zero-order chi connectivity index (χ0) is 13.4. The maximum absolute atomic E-state index is 3.93. The van der Waals surface area contributed by atoms with Gasteiger partial charge in [0.2, 0.25) is 0 Å². The van der Waals surface area contributed by atoms with Crippen LogP contribution in [-0.2, 0) is 0 Å². The van der Waals surface area contributed by atoms with E-state index in [1.165, 1.54) is 0 Å². The van der Waals surface area contributed by atoms with Gasteiger partial charge in [0.05, 0.1) is 0 Å². The summed E-state index contributed by atoms with van der Waals surface area (Å²) in [5.74, 6) is 0.594. The predicted octanol–water partition coefficient (Wildman–Crippen LogP) is 5.16. The van der Waals surface area contributed by atoms with Crippen LogP contribution >= 0.6 is 0 Å². The largest absolute Gasteiger partial charge is 0.356 e. The Hall–Kier alpha value is -1.76. The Morgan fingerprint density at radius 2 is 2.00 bits per heavy atom. The van der Waals surface area contributed by atoms with Crippen LogP contribution in [0.2, 0.25) is 0 Å². The topological polar surface area (TPSA) is 12.0 Å². The minimum Gasteiger partial charge on any atom is -0.356 e. The molecule has 0 amide bonds. The molecule has 1 rings (SSSR count). The molecule has 18 heavy (non-hydrogen) atoms. The molecule has 0 aliphatic heterocycles. The number of benzene rings is 1. The molecule has 96 valence electrons. The van der Waals surface area contributed by atoms with Crippen molar-refractivity contribution in [2.45, 2.75) is 27.2 Å². The Balaban J connectivity index is 2.80. The molecule has 0 saturated carbocycles. The summed E-state index contributed by atoms with van der Waals surface area (Å²) in [4.78, 5) is 0. The van der Waals surface area contributed by atoms with E-state index in [9.17, 15) is 0 Å². The summed E-state index contributed by atoms with van der Waals surface area (Å²) in [5.41, 5.74) is 3.22. The van der Waals surface area contributed by atoms with Gasteiger partial charge in [0.25, 0.3) is 0 Å². The number of nitrogens with one attached hydrogen (secondary N) is 1. The molecule has 1 nitrogen and oxygen atoms in total. The third-order valence-corrected chi connectivity index (χ3v) is 2.71. The third kappa shape index (κ3) is 5.53. The molecular weight excluding hydrogens is 218 g/mol. The van der Waals surface area contributed by atoms with Gasteiger partial charge in [-0.2, -0.15) is 0 Å². The van der Waals surface area contributed by atoms with Crippen LogP contribution in [0.3, 0.4) is 0 Å². The molecular formula is C17H23N. The van der Waals surface area contributed by atoms with E-state index >= 15 is 0 Å². The van der Waals surface area contributed by atoms with Gasteiger partial charge >= 0.3 is 0 Å². The maximum atomic E-state index is 3.93. The summed E-state index contributed by atoms with van der Waals surface area (Å²) in [6, 6.07) is 10.2. The molecule has 1 N–H and O–H groups in total. The molecule has 0 bridgehead atoms. The minimum absolute atomic E-state index is 0.594. The third-order valence-electron chi connectivity index (χ3n) is 2.71. The highest BCUT2D eigenvalue weighted by Gasteiger charge is 1.96. The lowest BCUT2D eigenvalue weighted by Gasteiger charge is -2.08. The number of para-hydroxylation sites is 1. The van der Waals surface area contributed by atoms with Crippen molar-refractivity contribution in [2.24, 2.45) is 5.92 Å². The van der Waals surface area contributed by atoms with E-state index in [4.69, 9.17) is 0 Å². The quantitative estimate of drug-likeness (QED) is 0.678. The van der Waals surface area contributed by atoms with Gasteiger partial charge in [-0.25, -0.2) is 0 Å². The summed E-state index contributed by atoms with van der Waals surface area (Å²) >= 11 is 0. The van der Waals surface area contributed by atoms with Crippen LogP contribution < -0.4 is 5.32 Å². The van der Waals surface area contributed by atoms with Crippen LogP contribution in [0, 0.1) is 5.92 Å². The van der Waals surface area contributed by atoms with E-state index in [0.717, 1.165) is 23.4 Å². The summed E-state index contributed by atoms with van der Waals surface area (Å²) in [5, 5.41) is 3.40. The first-order valence-electron chi connectivity index (χ1n) is 6.49. The fourth-order valence-corrected chi connectivity index (χ4v) is 1.48. The molecule has 0 spiro atoms. The second-order valence-electron chi connectivity index (χ2n) is 4.68. The molecule has 0 aliphatic rings. The van der Waals surface area contributed by atoms with Crippen LogP contribution in [-0.4, -0.2) is 0 Å². The number of rotatable bonds is 6. The molecule has 1 aromatic carbocycles. The van der Waals surface area contributed by atoms with Gasteiger partial charge in [0, 0.05) is 11.4 Å². The van der Waals surface area contributed by atoms with Gasteiger partial charge in [-0.1, -0.05) is 56.7 Å². The lowest BCUT2D eigenvalue weighted by atomic mass is 10.1. The van der Waals surface area contributed by atoms with Crippen molar-refractivity contribution < 1.29 is 0 Å². The zero-order valence-electron chi connectivity index (χ0n) is 11.6. The van der Waals surface area contributed by atoms with Gasteiger partial charge in [-0.15, -0.1) is 0 Å². The van der Waals surface area contributed by atoms with E-state index in [0.29, 0.717) is 5.92 Å². The van der Waals surface area contributed by atoms with Crippen molar-refractivity contribution in [3.05, 3.63) is 66.4 Å². The molecule has 0 saturated heterocycles. The Kier molecular flexibility index (Phi) is 5.99. The van der Waals surface area contributed by atoms with Crippen LogP contribution in [0.25, 0.3) is 0 Å². The minimum atomic E-state index is 0.594. The summed E-state index contributed by atoms with van der Waals surface area (Å²) < 4.78 is 0. The van der Waals surface area contributed by atoms with E-state index in [-0.39, 0.29) is 0 Å². The predicted molar refractivity (Wildman–Crippen MR) is 81.6 cm³/mol. The van der Waals surface area contributed by atoms with Crippen LogP contribution in [0.15, 0.2) is 66.4 Å². The standard InChI is InChI=1S/C17H23N/c1-5-15(4)11-12-17(13-14(2)3)18-16-9-7-6-8-10-16/h6-13,15,18H,2,5H2,1,3-4H3/b12-11-,17-13+. The SMILES string of the molecule is C=C(C)/C=C(\C=C/C(C)CC)Nc1ccccc1. The number of allylic oxidation sites excluding steroid dienone is 4. The van der Waals surface area contributed by atoms with Gasteiger partial charge in [0.1, 0.15) is 0 Å². The maximum Gasteiger partial charge on any atom is 0.0384 e. The molecule has 0 aliphatic carbocycles. The van der Waals surface area contributed by atoms with Crippen molar-refractivity contribution in [2.75, 3.05) is 5.32 Å². The van der Waals surface area contributed by atoms with E-state index < -0.39 is 0 Å². The molecule has 1 aromatic rings. The van der Waals surface area contributed by atoms with Crippen molar-refractivity contribution in [1.29, 1.82) is 0 Å². The molecule has 0 heterocycles. The van der Waals surface area contributed by atoms with Gasteiger partial charge < -0.3 is 5.32 Å². The van der Waals surface area contributed by atoms with E-state index in [2.05, 4.69) is 56.1 Å². The average Bonchev–Trinajstić information content (AvgIpc) is 2.36. The molecule has 0 aromatic heterocycles. The van der Waals surface area contributed by atoms with Crippen molar-refractivity contribution in [3.63, 3.8) is 0 Å². The highest BCUT2D eigenvalue weighted by atomic mass is 14.9. The van der Waals surface area contributed by atoms with Gasteiger partial charge in [0.15, 0.2) is 0 Å². The molecule has 1 heteroatoms. The van der Waals surface area contributed by atoms with E-state index in [1.807, 2.05) is 25.1 Å². The number of hydrogen-bond donors (Lipinski definition) is 1. The Labute approximate surface area is 111 Å². The lowest BCUT2D eigenvalue weighted by Crippen LogP contribution is -1.98. The summed E-state index contributed by atoms with van der Waals surface area (Å²) in [7, 11) is 0. The van der Waals surface area contributed by atoms with Gasteiger partial charge in [-0.05, 0) is 37.1 Å². The highest BCUT2D eigenvalue weighted by molar-refractivity contribution is 5.51. The monoisotopic (exact) mass is 241 g/mol. The first-order valence-corrected chi connectivity index (χ1v) is 6.49. The smallest absolute Gasteiger partial charge is 0.0384 e. The fourth-order valence-electron chi connectivity index (χ4n) is 1.48. The Bertz CT molecular complexity index is 426. The van der Waals surface area contributed by atoms with Crippen LogP contribution in [0.1, 0.15) is 27.2 Å². The second kappa shape index (κ2) is 7.54. The van der Waals surface area contributed by atoms with Crippen molar-refractivity contribution >= 4 is 5.69 Å². The van der Waals surface area contributed by atoms with Crippen molar-refractivity contribution in [3.8, 4) is 0 Å². The van der Waals surface area contributed by atoms with Crippen LogP contribution in [0.4, 0.5) is 5.69 Å². The number of hydrogen-bond acceptors (Lipinski definition) is 1. The van der Waals surface area contributed by atoms with Crippen LogP contribution in [0.5, 0.6) is 0 Å². The lowest BCUT2D eigenvalue weighted by molar-refractivity contribution is 0.698. The average molecular weight is 241 g/mol. The molecule has 1 atom stereocenters. The first-order chi connectivity index (χ1) is 8.61. The fraction of sp³-hybridized carbons (Fsp3) is 0.294. The summed E-state index contributed by atoms with van der Waals surface area (Å²) in [6.45, 7) is 10.4. The Morgan fingerprint density at radius 3 is 2.56 bits per heavy atom. The molecule has 0 radical (unpaired) electrons.